The second-order valence-corrected chi connectivity index (χ2v) is 7.25. The Bertz CT molecular complexity index is 591. The highest BCUT2D eigenvalue weighted by atomic mass is 16.6. The highest BCUT2D eigenvalue weighted by molar-refractivity contribution is 5.58. The summed E-state index contributed by atoms with van der Waals surface area (Å²) in [7, 11) is 1.58. The molecule has 5 nitrogen and oxygen atoms in total. The zero-order valence-electron chi connectivity index (χ0n) is 19.1. The van der Waals surface area contributed by atoms with E-state index in [0.29, 0.717) is 6.61 Å². The lowest BCUT2D eigenvalue weighted by Crippen LogP contribution is -2.26. The van der Waals surface area contributed by atoms with Crippen LogP contribution >= 0.6 is 0 Å². The molecule has 1 aromatic carbocycles. The van der Waals surface area contributed by atoms with E-state index < -0.39 is 0 Å². The molecule has 0 aliphatic heterocycles. The van der Waals surface area contributed by atoms with Crippen LogP contribution in [0.2, 0.25) is 0 Å². The van der Waals surface area contributed by atoms with Crippen LogP contribution in [0.3, 0.4) is 0 Å². The van der Waals surface area contributed by atoms with Crippen LogP contribution in [0.5, 0.6) is 11.5 Å². The SMILES string of the molecule is C/C=C/COc1cc(C)c(OCCCCCCCN(CC)CC=NOC)c(C)c1. The van der Waals surface area contributed by atoms with Crippen molar-refractivity contribution in [1.29, 1.82) is 0 Å². The molecule has 0 fully saturated rings. The van der Waals surface area contributed by atoms with Gasteiger partial charge in [0.15, 0.2) is 0 Å². The fourth-order valence-electron chi connectivity index (χ4n) is 3.21. The second kappa shape index (κ2) is 15.9. The van der Waals surface area contributed by atoms with E-state index in [1.807, 2.05) is 25.3 Å². The van der Waals surface area contributed by atoms with E-state index in [0.717, 1.165) is 55.3 Å². The molecule has 0 saturated carbocycles. The average Bonchev–Trinajstić information content (AvgIpc) is 2.70. The second-order valence-electron chi connectivity index (χ2n) is 7.25. The van der Waals surface area contributed by atoms with Crippen LogP contribution in [0.1, 0.15) is 57.1 Å². The van der Waals surface area contributed by atoms with Crippen LogP contribution in [-0.2, 0) is 4.84 Å². The molecule has 0 bridgehead atoms. The third kappa shape index (κ3) is 10.9. The van der Waals surface area contributed by atoms with Crippen LogP contribution < -0.4 is 9.47 Å². The van der Waals surface area contributed by atoms with E-state index in [1.54, 1.807) is 7.11 Å². The molecular formula is C24H40N2O3. The lowest BCUT2D eigenvalue weighted by Gasteiger charge is -2.17. The van der Waals surface area contributed by atoms with Crippen LogP contribution in [0.25, 0.3) is 0 Å². The number of nitrogens with zero attached hydrogens (tertiary/aromatic N) is 2. The van der Waals surface area contributed by atoms with Gasteiger partial charge < -0.3 is 14.3 Å². The molecule has 0 radical (unpaired) electrons. The largest absolute Gasteiger partial charge is 0.493 e. The number of hydrogen-bond acceptors (Lipinski definition) is 5. The van der Waals surface area contributed by atoms with Gasteiger partial charge in [0.05, 0.1) is 12.8 Å². The number of aryl methyl sites for hydroxylation is 2. The minimum absolute atomic E-state index is 0.604. The van der Waals surface area contributed by atoms with Crippen molar-refractivity contribution in [3.63, 3.8) is 0 Å². The summed E-state index contributed by atoms with van der Waals surface area (Å²) >= 11 is 0. The number of benzene rings is 1. The van der Waals surface area contributed by atoms with Crippen molar-refractivity contribution in [3.8, 4) is 11.5 Å². The Kier molecular flexibility index (Phi) is 13.7. The fourth-order valence-corrected chi connectivity index (χ4v) is 3.21. The Hall–Kier alpha value is -2.01. The van der Waals surface area contributed by atoms with E-state index in [1.165, 1.54) is 25.7 Å². The number of hydrogen-bond donors (Lipinski definition) is 0. The first-order chi connectivity index (χ1) is 14.1. The molecule has 0 N–H and O–H groups in total. The maximum absolute atomic E-state index is 6.06. The highest BCUT2D eigenvalue weighted by Crippen LogP contribution is 2.28. The Morgan fingerprint density at radius 1 is 1.00 bits per heavy atom. The van der Waals surface area contributed by atoms with Gasteiger partial charge in [0.1, 0.15) is 25.2 Å². The number of oxime groups is 1. The third-order valence-corrected chi connectivity index (χ3v) is 4.85. The third-order valence-electron chi connectivity index (χ3n) is 4.85. The maximum Gasteiger partial charge on any atom is 0.125 e. The predicted molar refractivity (Wildman–Crippen MR) is 122 cm³/mol. The van der Waals surface area contributed by atoms with Gasteiger partial charge in [0.2, 0.25) is 0 Å². The molecule has 0 aliphatic rings. The van der Waals surface area contributed by atoms with Gasteiger partial charge in [-0.3, -0.25) is 4.90 Å². The van der Waals surface area contributed by atoms with E-state index in [2.05, 4.69) is 43.0 Å². The van der Waals surface area contributed by atoms with Crippen molar-refractivity contribution in [3.05, 3.63) is 35.4 Å². The van der Waals surface area contributed by atoms with Crippen molar-refractivity contribution in [2.24, 2.45) is 5.16 Å². The van der Waals surface area contributed by atoms with Gasteiger partial charge in [0.25, 0.3) is 0 Å². The minimum atomic E-state index is 0.604. The Balaban J connectivity index is 2.20. The van der Waals surface area contributed by atoms with Gasteiger partial charge in [0, 0.05) is 6.54 Å². The molecule has 5 heteroatoms. The number of rotatable bonds is 16. The van der Waals surface area contributed by atoms with Crippen molar-refractivity contribution in [1.82, 2.24) is 4.90 Å². The fraction of sp³-hybridized carbons (Fsp3) is 0.625. The summed E-state index contributed by atoms with van der Waals surface area (Å²) in [4.78, 5) is 7.09. The molecule has 0 aromatic heterocycles. The van der Waals surface area contributed by atoms with Gasteiger partial charge in [-0.1, -0.05) is 43.5 Å². The summed E-state index contributed by atoms with van der Waals surface area (Å²) in [6.07, 6.45) is 11.9. The smallest absolute Gasteiger partial charge is 0.125 e. The van der Waals surface area contributed by atoms with Crippen LogP contribution in [-0.4, -0.2) is 51.1 Å². The van der Waals surface area contributed by atoms with Gasteiger partial charge >= 0.3 is 0 Å². The molecule has 0 aliphatic carbocycles. The molecule has 164 valence electrons. The Morgan fingerprint density at radius 3 is 2.34 bits per heavy atom. The summed E-state index contributed by atoms with van der Waals surface area (Å²) < 4.78 is 11.8. The van der Waals surface area contributed by atoms with E-state index in [4.69, 9.17) is 14.3 Å². The van der Waals surface area contributed by atoms with Crippen LogP contribution in [0, 0.1) is 13.8 Å². The lowest BCUT2D eigenvalue weighted by atomic mass is 10.1. The average molecular weight is 405 g/mol. The molecule has 0 heterocycles. The van der Waals surface area contributed by atoms with E-state index >= 15 is 0 Å². The summed E-state index contributed by atoms with van der Waals surface area (Å²) in [6, 6.07) is 4.12. The summed E-state index contributed by atoms with van der Waals surface area (Å²) in [5, 5.41) is 3.81. The monoisotopic (exact) mass is 404 g/mol. The highest BCUT2D eigenvalue weighted by Gasteiger charge is 2.07. The summed E-state index contributed by atoms with van der Waals surface area (Å²) in [5.74, 6) is 1.90. The van der Waals surface area contributed by atoms with Gasteiger partial charge in [-0.25, -0.2) is 0 Å². The molecule has 0 atom stereocenters. The van der Waals surface area contributed by atoms with E-state index in [-0.39, 0.29) is 0 Å². The number of ether oxygens (including phenoxy) is 2. The van der Waals surface area contributed by atoms with Crippen molar-refractivity contribution < 1.29 is 14.3 Å². The molecular weight excluding hydrogens is 364 g/mol. The summed E-state index contributed by atoms with van der Waals surface area (Å²) in [5.41, 5.74) is 2.27. The van der Waals surface area contributed by atoms with Gasteiger partial charge in [-0.05, 0) is 70.0 Å². The van der Waals surface area contributed by atoms with Crippen molar-refractivity contribution in [2.45, 2.75) is 59.8 Å². The Labute approximate surface area is 177 Å². The quantitative estimate of drug-likeness (QED) is 0.157. The molecule has 1 rings (SSSR count). The van der Waals surface area contributed by atoms with E-state index in [9.17, 15) is 0 Å². The van der Waals surface area contributed by atoms with Crippen molar-refractivity contribution >= 4 is 6.21 Å². The molecule has 0 unspecified atom stereocenters. The van der Waals surface area contributed by atoms with Crippen molar-refractivity contribution in [2.75, 3.05) is 40.0 Å². The zero-order chi connectivity index (χ0) is 21.3. The summed E-state index contributed by atoms with van der Waals surface area (Å²) in [6.45, 7) is 12.7. The van der Waals surface area contributed by atoms with Gasteiger partial charge in [-0.15, -0.1) is 0 Å². The first-order valence-corrected chi connectivity index (χ1v) is 10.9. The topological polar surface area (TPSA) is 43.3 Å². The molecule has 0 amide bonds. The van der Waals surface area contributed by atoms with Crippen LogP contribution in [0.15, 0.2) is 29.4 Å². The molecule has 29 heavy (non-hydrogen) atoms. The number of allylic oxidation sites excluding steroid dienone is 1. The number of unbranched alkanes of at least 4 members (excludes halogenated alkanes) is 4. The lowest BCUT2D eigenvalue weighted by molar-refractivity contribution is 0.212. The standard InChI is InChI=1S/C24H40N2O3/c1-6-8-17-28-23-19-21(3)24(22(4)20-23)29-18-13-11-9-10-12-15-26(7-2)16-14-25-27-5/h6,8,14,19-20H,7,9-13,15-18H2,1-5H3/b8-6+,25-14?. The predicted octanol–water partition coefficient (Wildman–Crippen LogP) is 5.54. The maximum atomic E-state index is 6.06. The Morgan fingerprint density at radius 2 is 1.69 bits per heavy atom. The first-order valence-electron chi connectivity index (χ1n) is 10.9. The first kappa shape index (κ1) is 25.0. The molecule has 0 saturated heterocycles. The minimum Gasteiger partial charge on any atom is -0.493 e. The van der Waals surface area contributed by atoms with Gasteiger partial charge in [-0.2, -0.15) is 0 Å². The molecule has 1 aromatic rings. The van der Waals surface area contributed by atoms with Crippen LogP contribution in [0.4, 0.5) is 0 Å². The normalized spacial score (nSPS) is 11.7. The zero-order valence-corrected chi connectivity index (χ0v) is 19.1. The molecule has 0 spiro atoms.